The van der Waals surface area contributed by atoms with Gasteiger partial charge in [0.25, 0.3) is 5.91 Å². The highest BCUT2D eigenvalue weighted by molar-refractivity contribution is 5.78. The molecule has 1 unspecified atom stereocenters. The van der Waals surface area contributed by atoms with E-state index in [1.165, 1.54) is 24.3 Å². The number of ether oxygens (including phenoxy) is 1. The van der Waals surface area contributed by atoms with Gasteiger partial charge in [0.15, 0.2) is 18.2 Å². The molecule has 0 N–H and O–H groups in total. The molecule has 4 rings (SSSR count). The zero-order valence-corrected chi connectivity index (χ0v) is 15.6. The number of carbonyl (C=O) groups excluding carboxylic acids is 1. The number of carbonyl (C=O) groups is 1. The Hall–Kier alpha value is -3.29. The van der Waals surface area contributed by atoms with Gasteiger partial charge in [-0.2, -0.15) is 0 Å². The van der Waals surface area contributed by atoms with Crippen molar-refractivity contribution < 1.29 is 22.7 Å². The van der Waals surface area contributed by atoms with Gasteiger partial charge in [-0.15, -0.1) is 10.2 Å². The molecule has 1 atom stereocenters. The molecule has 2 aromatic carbocycles. The second kappa shape index (κ2) is 8.38. The predicted molar refractivity (Wildman–Crippen MR) is 100 cm³/mol. The van der Waals surface area contributed by atoms with Crippen LogP contribution in [0.1, 0.15) is 24.7 Å². The van der Waals surface area contributed by atoms with Gasteiger partial charge in [-0.25, -0.2) is 8.78 Å². The normalized spacial score (nSPS) is 16.6. The summed E-state index contributed by atoms with van der Waals surface area (Å²) in [6.45, 7) is 0.776. The van der Waals surface area contributed by atoms with E-state index in [0.29, 0.717) is 30.4 Å². The Bertz CT molecular complexity index is 991. The average Bonchev–Trinajstić information content (AvgIpc) is 3.24. The fourth-order valence-electron chi connectivity index (χ4n) is 3.31. The molecule has 0 aliphatic carbocycles. The topological polar surface area (TPSA) is 68.5 Å². The molecular formula is C21H19F2N3O3. The van der Waals surface area contributed by atoms with Gasteiger partial charge in [0, 0.05) is 18.7 Å². The van der Waals surface area contributed by atoms with Gasteiger partial charge >= 0.3 is 0 Å². The van der Waals surface area contributed by atoms with Gasteiger partial charge in [0.1, 0.15) is 5.82 Å². The maximum absolute atomic E-state index is 13.6. The van der Waals surface area contributed by atoms with E-state index < -0.39 is 5.82 Å². The number of piperidine rings is 1. The van der Waals surface area contributed by atoms with Gasteiger partial charge in [-0.05, 0) is 49.2 Å². The summed E-state index contributed by atoms with van der Waals surface area (Å²) in [5.74, 6) is -0.360. The Balaban J connectivity index is 1.38. The first-order valence-corrected chi connectivity index (χ1v) is 9.34. The second-order valence-electron chi connectivity index (χ2n) is 6.85. The smallest absolute Gasteiger partial charge is 0.260 e. The molecule has 1 fully saturated rings. The molecule has 6 nitrogen and oxygen atoms in total. The van der Waals surface area contributed by atoms with Crippen LogP contribution >= 0.6 is 0 Å². The lowest BCUT2D eigenvalue weighted by molar-refractivity contribution is -0.134. The second-order valence-corrected chi connectivity index (χ2v) is 6.85. The van der Waals surface area contributed by atoms with Crippen molar-refractivity contribution >= 4 is 5.91 Å². The molecule has 1 aliphatic heterocycles. The van der Waals surface area contributed by atoms with Crippen LogP contribution < -0.4 is 4.74 Å². The highest BCUT2D eigenvalue weighted by atomic mass is 19.1. The SMILES string of the molecule is O=C(COc1ccccc1F)N1CCCC(c2nnc(-c3ccc(F)cc3)o2)C1. The molecule has 1 saturated heterocycles. The van der Waals surface area contributed by atoms with Crippen molar-refractivity contribution in [1.29, 1.82) is 0 Å². The van der Waals surface area contributed by atoms with Gasteiger partial charge in [-0.3, -0.25) is 4.79 Å². The average molecular weight is 399 g/mol. The molecule has 2 heterocycles. The van der Waals surface area contributed by atoms with Crippen LogP contribution in [0.25, 0.3) is 11.5 Å². The number of para-hydroxylation sites is 1. The first-order chi connectivity index (χ1) is 14.1. The molecule has 150 valence electrons. The summed E-state index contributed by atoms with van der Waals surface area (Å²) in [6.07, 6.45) is 1.59. The molecule has 3 aromatic rings. The van der Waals surface area contributed by atoms with E-state index >= 15 is 0 Å². The molecular weight excluding hydrogens is 380 g/mol. The Morgan fingerprint density at radius 1 is 1.14 bits per heavy atom. The zero-order valence-electron chi connectivity index (χ0n) is 15.6. The summed E-state index contributed by atoms with van der Waals surface area (Å²) in [5, 5.41) is 8.15. The lowest BCUT2D eigenvalue weighted by atomic mass is 9.98. The van der Waals surface area contributed by atoms with Crippen LogP contribution in [0.15, 0.2) is 52.9 Å². The lowest BCUT2D eigenvalue weighted by Gasteiger charge is -2.31. The maximum atomic E-state index is 13.6. The van der Waals surface area contributed by atoms with Gasteiger partial charge in [0.2, 0.25) is 11.8 Å². The third-order valence-electron chi connectivity index (χ3n) is 4.84. The van der Waals surface area contributed by atoms with Crippen molar-refractivity contribution in [2.24, 2.45) is 0 Å². The van der Waals surface area contributed by atoms with E-state index in [2.05, 4.69) is 10.2 Å². The van der Waals surface area contributed by atoms with E-state index in [1.54, 1.807) is 29.2 Å². The van der Waals surface area contributed by atoms with E-state index in [0.717, 1.165) is 12.8 Å². The summed E-state index contributed by atoms with van der Waals surface area (Å²) in [6, 6.07) is 11.8. The minimum Gasteiger partial charge on any atom is -0.481 e. The lowest BCUT2D eigenvalue weighted by Crippen LogP contribution is -2.41. The van der Waals surface area contributed by atoms with Gasteiger partial charge in [0.05, 0.1) is 5.92 Å². The number of hydrogen-bond acceptors (Lipinski definition) is 5. The third kappa shape index (κ3) is 4.42. The number of nitrogens with zero attached hydrogens (tertiary/aromatic N) is 3. The number of likely N-dealkylation sites (tertiary alicyclic amines) is 1. The number of rotatable bonds is 5. The van der Waals surface area contributed by atoms with E-state index in [9.17, 15) is 13.6 Å². The van der Waals surface area contributed by atoms with Gasteiger partial charge in [-0.1, -0.05) is 12.1 Å². The fourth-order valence-corrected chi connectivity index (χ4v) is 3.31. The van der Waals surface area contributed by atoms with Crippen LogP contribution in [-0.4, -0.2) is 40.7 Å². The van der Waals surface area contributed by atoms with E-state index in [4.69, 9.17) is 9.15 Å². The number of hydrogen-bond donors (Lipinski definition) is 0. The molecule has 1 amide bonds. The Kier molecular flexibility index (Phi) is 5.50. The van der Waals surface area contributed by atoms with Crippen LogP contribution in [0.2, 0.25) is 0 Å². The highest BCUT2D eigenvalue weighted by Crippen LogP contribution is 2.28. The van der Waals surface area contributed by atoms with E-state index in [1.807, 2.05) is 0 Å². The summed E-state index contributed by atoms with van der Waals surface area (Å²) in [7, 11) is 0. The van der Waals surface area contributed by atoms with Crippen LogP contribution in [0.4, 0.5) is 8.78 Å². The Morgan fingerprint density at radius 2 is 1.93 bits per heavy atom. The number of amides is 1. The van der Waals surface area contributed by atoms with Crippen molar-refractivity contribution in [1.82, 2.24) is 15.1 Å². The van der Waals surface area contributed by atoms with Crippen molar-refractivity contribution in [3.8, 4) is 17.2 Å². The Labute approximate surface area is 166 Å². The van der Waals surface area contributed by atoms with E-state index in [-0.39, 0.29) is 30.0 Å². The van der Waals surface area contributed by atoms with Gasteiger partial charge < -0.3 is 14.1 Å². The zero-order chi connectivity index (χ0) is 20.2. The number of aromatic nitrogens is 2. The van der Waals surface area contributed by atoms with Crippen LogP contribution in [-0.2, 0) is 4.79 Å². The summed E-state index contributed by atoms with van der Waals surface area (Å²) >= 11 is 0. The van der Waals surface area contributed by atoms with Crippen LogP contribution in [0.5, 0.6) is 5.75 Å². The Morgan fingerprint density at radius 3 is 2.72 bits per heavy atom. The first-order valence-electron chi connectivity index (χ1n) is 9.34. The largest absolute Gasteiger partial charge is 0.481 e. The molecule has 0 radical (unpaired) electrons. The predicted octanol–water partition coefficient (Wildman–Crippen LogP) is 3.80. The summed E-state index contributed by atoms with van der Waals surface area (Å²) in [5.41, 5.74) is 0.632. The van der Waals surface area contributed by atoms with Crippen molar-refractivity contribution in [2.75, 3.05) is 19.7 Å². The highest BCUT2D eigenvalue weighted by Gasteiger charge is 2.29. The molecule has 0 bridgehead atoms. The summed E-state index contributed by atoms with van der Waals surface area (Å²) < 4.78 is 37.8. The van der Waals surface area contributed by atoms with Crippen LogP contribution in [0.3, 0.4) is 0 Å². The summed E-state index contributed by atoms with van der Waals surface area (Å²) in [4.78, 5) is 14.2. The van der Waals surface area contributed by atoms with Crippen molar-refractivity contribution in [3.05, 3.63) is 66.1 Å². The van der Waals surface area contributed by atoms with Crippen molar-refractivity contribution in [3.63, 3.8) is 0 Å². The standard InChI is InChI=1S/C21H19F2N3O3/c22-16-9-7-14(8-10-16)20-24-25-21(29-20)15-4-3-11-26(12-15)19(27)13-28-18-6-2-1-5-17(18)23/h1-2,5-10,15H,3-4,11-13H2. The minimum absolute atomic E-state index is 0.0512. The monoisotopic (exact) mass is 399 g/mol. The molecule has 1 aliphatic rings. The minimum atomic E-state index is -0.504. The number of halogens is 2. The molecule has 0 saturated carbocycles. The molecule has 0 spiro atoms. The quantitative estimate of drug-likeness (QED) is 0.653. The number of benzene rings is 2. The first kappa shape index (κ1) is 19.0. The van der Waals surface area contributed by atoms with Crippen molar-refractivity contribution in [2.45, 2.75) is 18.8 Å². The van der Waals surface area contributed by atoms with Crippen LogP contribution in [0, 0.1) is 11.6 Å². The third-order valence-corrected chi connectivity index (χ3v) is 4.84. The molecule has 29 heavy (non-hydrogen) atoms. The molecule has 8 heteroatoms. The molecule has 1 aromatic heterocycles. The maximum Gasteiger partial charge on any atom is 0.260 e. The fraction of sp³-hybridized carbons (Fsp3) is 0.286.